The molecule has 1 amide bonds. The predicted molar refractivity (Wildman–Crippen MR) is 117 cm³/mol. The van der Waals surface area contributed by atoms with E-state index in [9.17, 15) is 19.2 Å². The minimum Gasteiger partial charge on any atom is -0.598 e. The molecule has 0 aliphatic rings. The minimum atomic E-state index is -1.49. The van der Waals surface area contributed by atoms with Gasteiger partial charge in [-0.3, -0.25) is 10.1 Å². The Labute approximate surface area is 180 Å². The second-order valence-corrected chi connectivity index (χ2v) is 10.1. The summed E-state index contributed by atoms with van der Waals surface area (Å²) >= 11 is -1.49. The van der Waals surface area contributed by atoms with Crippen molar-refractivity contribution >= 4 is 29.1 Å². The lowest BCUT2D eigenvalue weighted by Crippen LogP contribution is -2.50. The summed E-state index contributed by atoms with van der Waals surface area (Å²) in [6.07, 6.45) is -0.904. The molecule has 8 heteroatoms. The summed E-state index contributed by atoms with van der Waals surface area (Å²) < 4.78 is 20.2. The van der Waals surface area contributed by atoms with Gasteiger partial charge in [0.05, 0.1) is 12.0 Å². The topological polar surface area (TPSA) is 111 Å². The third-order valence-corrected chi connectivity index (χ3v) is 6.09. The van der Waals surface area contributed by atoms with E-state index in [0.29, 0.717) is 11.3 Å². The van der Waals surface area contributed by atoms with Crippen LogP contribution in [-0.2, 0) is 33.0 Å². The maximum Gasteiger partial charge on any atom is 0.411 e. The first-order valence-electron chi connectivity index (χ1n) is 9.49. The number of aliphatic carboxylic acids is 1. The average Bonchev–Trinajstić information content (AvgIpc) is 2.66. The molecule has 0 aromatic heterocycles. The number of hydrogen-bond acceptors (Lipinski definition) is 5. The van der Waals surface area contributed by atoms with E-state index in [1.165, 1.54) is 0 Å². The van der Waals surface area contributed by atoms with Crippen LogP contribution < -0.4 is 10.0 Å². The SMILES string of the molecule is CC(CC(=O)O)(N[S+]([O-])C(C)(C)C)c1cccc(NC(=O)OCc2ccccc2)c1. The largest absolute Gasteiger partial charge is 0.598 e. The third kappa shape index (κ3) is 7.05. The van der Waals surface area contributed by atoms with Gasteiger partial charge in [0, 0.05) is 17.0 Å². The molecule has 30 heavy (non-hydrogen) atoms. The van der Waals surface area contributed by atoms with Crippen LogP contribution in [0.4, 0.5) is 10.5 Å². The zero-order valence-electron chi connectivity index (χ0n) is 17.6. The van der Waals surface area contributed by atoms with Crippen LogP contribution in [0.3, 0.4) is 0 Å². The number of ether oxygens (including phenoxy) is 1. The number of carbonyl (C=O) groups is 2. The Morgan fingerprint density at radius 1 is 1.07 bits per heavy atom. The van der Waals surface area contributed by atoms with Crippen molar-refractivity contribution in [2.75, 3.05) is 5.32 Å². The van der Waals surface area contributed by atoms with E-state index in [0.717, 1.165) is 5.56 Å². The van der Waals surface area contributed by atoms with Crippen molar-refractivity contribution < 1.29 is 24.0 Å². The third-order valence-electron chi connectivity index (χ3n) is 4.34. The molecule has 0 fully saturated rings. The summed E-state index contributed by atoms with van der Waals surface area (Å²) in [5.74, 6) is -1.03. The predicted octanol–water partition coefficient (Wildman–Crippen LogP) is 4.18. The molecule has 0 saturated heterocycles. The van der Waals surface area contributed by atoms with Gasteiger partial charge in [-0.2, -0.15) is 0 Å². The quantitative estimate of drug-likeness (QED) is 0.540. The summed E-state index contributed by atoms with van der Waals surface area (Å²) in [6, 6.07) is 16.1. The van der Waals surface area contributed by atoms with Crippen LogP contribution in [0.5, 0.6) is 0 Å². The molecule has 2 atom stereocenters. The number of amides is 1. The fourth-order valence-electron chi connectivity index (χ4n) is 2.67. The number of anilines is 1. The fraction of sp³-hybridized carbons (Fsp3) is 0.364. The normalized spacial score (nSPS) is 14.4. The molecule has 0 spiro atoms. The van der Waals surface area contributed by atoms with Gasteiger partial charge in [-0.1, -0.05) is 42.5 Å². The number of rotatable bonds is 8. The van der Waals surface area contributed by atoms with E-state index in [-0.39, 0.29) is 13.0 Å². The van der Waals surface area contributed by atoms with Crippen LogP contribution >= 0.6 is 0 Å². The Hall–Kier alpha value is -2.55. The second kappa shape index (κ2) is 9.97. The average molecular weight is 433 g/mol. The Morgan fingerprint density at radius 2 is 1.73 bits per heavy atom. The molecule has 2 aromatic carbocycles. The van der Waals surface area contributed by atoms with E-state index in [4.69, 9.17) is 4.74 Å². The van der Waals surface area contributed by atoms with Gasteiger partial charge in [0.2, 0.25) is 0 Å². The first-order chi connectivity index (χ1) is 14.0. The number of nitrogens with one attached hydrogen (secondary N) is 2. The first kappa shape index (κ1) is 23.7. The zero-order valence-corrected chi connectivity index (χ0v) is 18.4. The molecular weight excluding hydrogens is 404 g/mol. The van der Waals surface area contributed by atoms with Crippen molar-refractivity contribution in [2.45, 2.75) is 51.0 Å². The highest BCUT2D eigenvalue weighted by atomic mass is 32.2. The Balaban J connectivity index is 2.14. The van der Waals surface area contributed by atoms with Crippen molar-refractivity contribution in [1.82, 2.24) is 4.72 Å². The number of carbonyl (C=O) groups excluding carboxylic acids is 1. The molecule has 0 aliphatic carbocycles. The molecule has 0 bridgehead atoms. The molecule has 0 aliphatic heterocycles. The molecule has 0 saturated carbocycles. The van der Waals surface area contributed by atoms with Crippen LogP contribution in [-0.4, -0.2) is 26.5 Å². The monoisotopic (exact) mass is 432 g/mol. The van der Waals surface area contributed by atoms with Gasteiger partial charge in [-0.05, 0) is 51.0 Å². The van der Waals surface area contributed by atoms with Crippen LogP contribution in [0.1, 0.15) is 45.2 Å². The van der Waals surface area contributed by atoms with Gasteiger partial charge in [0.1, 0.15) is 11.4 Å². The maximum atomic E-state index is 12.6. The molecule has 162 valence electrons. The van der Waals surface area contributed by atoms with Gasteiger partial charge in [-0.25, -0.2) is 4.79 Å². The molecule has 2 rings (SSSR count). The molecule has 7 nitrogen and oxygen atoms in total. The van der Waals surface area contributed by atoms with E-state index >= 15 is 0 Å². The van der Waals surface area contributed by atoms with Crippen LogP contribution in [0.15, 0.2) is 54.6 Å². The standard InChI is InChI=1S/C22H28N2O5S/c1-21(2,3)30(28)24-22(4,14-19(25)26)17-11-8-12-18(13-17)23-20(27)29-15-16-9-6-5-7-10-16/h5-13,24H,14-15H2,1-4H3,(H,23,27)(H,25,26). The fourth-order valence-corrected chi connectivity index (χ4v) is 3.58. The van der Waals surface area contributed by atoms with Crippen molar-refractivity contribution in [3.63, 3.8) is 0 Å². The molecule has 2 unspecified atom stereocenters. The van der Waals surface area contributed by atoms with Crippen molar-refractivity contribution in [3.8, 4) is 0 Å². The minimum absolute atomic E-state index is 0.134. The summed E-state index contributed by atoms with van der Waals surface area (Å²) in [7, 11) is 0. The summed E-state index contributed by atoms with van der Waals surface area (Å²) in [5.41, 5.74) is 0.800. The van der Waals surface area contributed by atoms with E-state index < -0.39 is 33.7 Å². The number of benzene rings is 2. The summed E-state index contributed by atoms with van der Waals surface area (Å²) in [4.78, 5) is 23.6. The lowest BCUT2D eigenvalue weighted by Gasteiger charge is -2.34. The number of carboxylic acid groups (broad SMARTS) is 1. The second-order valence-electron chi connectivity index (χ2n) is 8.15. The van der Waals surface area contributed by atoms with Crippen molar-refractivity contribution in [2.24, 2.45) is 0 Å². The summed E-state index contributed by atoms with van der Waals surface area (Å²) in [6.45, 7) is 7.22. The van der Waals surface area contributed by atoms with E-state index in [1.807, 2.05) is 30.3 Å². The van der Waals surface area contributed by atoms with Gasteiger partial charge in [0.25, 0.3) is 0 Å². The highest BCUT2D eigenvalue weighted by Gasteiger charge is 2.39. The molecule has 0 heterocycles. The zero-order chi connectivity index (χ0) is 22.4. The van der Waals surface area contributed by atoms with Gasteiger partial charge >= 0.3 is 12.1 Å². The highest BCUT2D eigenvalue weighted by Crippen LogP contribution is 2.30. The Kier molecular flexibility index (Phi) is 7.89. The number of carboxylic acids is 1. The lowest BCUT2D eigenvalue weighted by molar-refractivity contribution is -0.138. The van der Waals surface area contributed by atoms with Gasteiger partial charge in [0.15, 0.2) is 0 Å². The molecule has 3 N–H and O–H groups in total. The van der Waals surface area contributed by atoms with E-state index in [1.54, 1.807) is 52.0 Å². The van der Waals surface area contributed by atoms with E-state index in [2.05, 4.69) is 10.0 Å². The van der Waals surface area contributed by atoms with Crippen LogP contribution in [0.2, 0.25) is 0 Å². The molecular formula is C22H28N2O5S. The highest BCUT2D eigenvalue weighted by molar-refractivity contribution is 7.90. The summed E-state index contributed by atoms with van der Waals surface area (Å²) in [5, 5.41) is 12.0. The molecule has 2 aromatic rings. The smallest absolute Gasteiger partial charge is 0.411 e. The maximum absolute atomic E-state index is 12.6. The van der Waals surface area contributed by atoms with Crippen LogP contribution in [0.25, 0.3) is 0 Å². The van der Waals surface area contributed by atoms with Gasteiger partial charge < -0.3 is 14.4 Å². The lowest BCUT2D eigenvalue weighted by atomic mass is 9.89. The van der Waals surface area contributed by atoms with Crippen LogP contribution in [0, 0.1) is 0 Å². The first-order valence-corrected chi connectivity index (χ1v) is 10.6. The Morgan fingerprint density at radius 3 is 2.33 bits per heavy atom. The Bertz CT molecular complexity index is 869. The van der Waals surface area contributed by atoms with Crippen molar-refractivity contribution in [3.05, 3.63) is 65.7 Å². The van der Waals surface area contributed by atoms with Crippen molar-refractivity contribution in [1.29, 1.82) is 0 Å². The van der Waals surface area contributed by atoms with Gasteiger partial charge in [-0.15, -0.1) is 4.72 Å². The molecule has 0 radical (unpaired) electrons. The number of hydrogen-bond donors (Lipinski definition) is 3.